The Bertz CT molecular complexity index is 369. The summed E-state index contributed by atoms with van der Waals surface area (Å²) >= 11 is 0. The van der Waals surface area contributed by atoms with E-state index < -0.39 is 0 Å². The molecule has 0 unspecified atom stereocenters. The van der Waals surface area contributed by atoms with Crippen LogP contribution in [0.1, 0.15) is 19.3 Å². The molecule has 0 fully saturated rings. The second kappa shape index (κ2) is 6.85. The number of anilines is 1. The van der Waals surface area contributed by atoms with Crippen LogP contribution < -0.4 is 4.90 Å². The van der Waals surface area contributed by atoms with Gasteiger partial charge in [0.2, 0.25) is 0 Å². The van der Waals surface area contributed by atoms with Gasteiger partial charge in [-0.25, -0.2) is 0 Å². The predicted molar refractivity (Wildman–Crippen MR) is 67.3 cm³/mol. The minimum atomic E-state index is -0.386. The Hall–Kier alpha value is -1.62. The second-order valence-corrected chi connectivity index (χ2v) is 3.98. The van der Waals surface area contributed by atoms with Crippen LogP contribution in [0.15, 0.2) is 24.3 Å². The van der Waals surface area contributed by atoms with E-state index in [1.807, 2.05) is 18.0 Å². The Morgan fingerprint density at radius 3 is 2.76 bits per heavy atom. The zero-order chi connectivity index (χ0) is 12.7. The van der Waals surface area contributed by atoms with Gasteiger partial charge in [0.25, 0.3) is 5.69 Å². The van der Waals surface area contributed by atoms with Gasteiger partial charge < -0.3 is 10.0 Å². The molecule has 0 saturated heterocycles. The summed E-state index contributed by atoms with van der Waals surface area (Å²) < 4.78 is 0. The maximum absolute atomic E-state index is 10.6. The topological polar surface area (TPSA) is 66.6 Å². The first-order valence-corrected chi connectivity index (χ1v) is 5.71. The fourth-order valence-electron chi connectivity index (χ4n) is 1.61. The van der Waals surface area contributed by atoms with Crippen LogP contribution in [0.2, 0.25) is 0 Å². The number of aliphatic hydroxyl groups is 1. The van der Waals surface area contributed by atoms with E-state index >= 15 is 0 Å². The summed E-state index contributed by atoms with van der Waals surface area (Å²) in [5.41, 5.74) is 0.966. The second-order valence-electron chi connectivity index (χ2n) is 3.98. The molecular weight excluding hydrogens is 220 g/mol. The average molecular weight is 238 g/mol. The van der Waals surface area contributed by atoms with E-state index in [2.05, 4.69) is 0 Å². The molecule has 1 aromatic carbocycles. The van der Waals surface area contributed by atoms with E-state index in [4.69, 9.17) is 5.11 Å². The molecule has 0 aromatic heterocycles. The zero-order valence-electron chi connectivity index (χ0n) is 10.0. The SMILES string of the molecule is CN(CCCCCO)c1cccc([N+](=O)[O-])c1. The highest BCUT2D eigenvalue weighted by molar-refractivity contribution is 5.52. The third-order valence-corrected chi connectivity index (χ3v) is 2.63. The highest BCUT2D eigenvalue weighted by atomic mass is 16.6. The molecule has 1 rings (SSSR count). The molecule has 0 spiro atoms. The van der Waals surface area contributed by atoms with Crippen molar-refractivity contribution in [3.63, 3.8) is 0 Å². The van der Waals surface area contributed by atoms with Crippen LogP contribution in [-0.4, -0.2) is 30.2 Å². The predicted octanol–water partition coefficient (Wildman–Crippen LogP) is 2.19. The first-order chi connectivity index (χ1) is 8.15. The van der Waals surface area contributed by atoms with Gasteiger partial charge in [0.05, 0.1) is 4.92 Å². The molecule has 5 nitrogen and oxygen atoms in total. The molecule has 0 aliphatic rings. The Morgan fingerprint density at radius 1 is 1.35 bits per heavy atom. The van der Waals surface area contributed by atoms with Crippen LogP contribution >= 0.6 is 0 Å². The summed E-state index contributed by atoms with van der Waals surface area (Å²) in [6.45, 7) is 1.06. The summed E-state index contributed by atoms with van der Waals surface area (Å²) in [6, 6.07) is 6.62. The van der Waals surface area contributed by atoms with Gasteiger partial charge in [0.15, 0.2) is 0 Å². The number of rotatable bonds is 7. The monoisotopic (exact) mass is 238 g/mol. The summed E-state index contributed by atoms with van der Waals surface area (Å²) in [5, 5.41) is 19.3. The highest BCUT2D eigenvalue weighted by Crippen LogP contribution is 2.20. The van der Waals surface area contributed by atoms with Gasteiger partial charge in [-0.2, -0.15) is 0 Å². The molecule has 94 valence electrons. The van der Waals surface area contributed by atoms with Crippen LogP contribution in [0, 0.1) is 10.1 Å². The number of benzene rings is 1. The van der Waals surface area contributed by atoms with Gasteiger partial charge >= 0.3 is 0 Å². The standard InChI is InChI=1S/C12H18N2O3/c1-13(8-3-2-4-9-15)11-6-5-7-12(10-11)14(16)17/h5-7,10,15H,2-4,8-9H2,1H3. The lowest BCUT2D eigenvalue weighted by Crippen LogP contribution is -2.18. The minimum Gasteiger partial charge on any atom is -0.396 e. The van der Waals surface area contributed by atoms with Crippen molar-refractivity contribution in [2.75, 3.05) is 25.1 Å². The number of nitrogens with zero attached hydrogens (tertiary/aromatic N) is 2. The number of nitro benzene ring substituents is 1. The molecule has 1 N–H and O–H groups in total. The Balaban J connectivity index is 2.53. The molecule has 0 aliphatic heterocycles. The Labute approximate surface area is 101 Å². The van der Waals surface area contributed by atoms with Gasteiger partial charge in [0.1, 0.15) is 0 Å². The van der Waals surface area contributed by atoms with Gasteiger partial charge in [-0.05, 0) is 25.3 Å². The molecular formula is C12H18N2O3. The first-order valence-electron chi connectivity index (χ1n) is 5.71. The smallest absolute Gasteiger partial charge is 0.271 e. The fourth-order valence-corrected chi connectivity index (χ4v) is 1.61. The summed E-state index contributed by atoms with van der Waals surface area (Å²) in [5.74, 6) is 0. The summed E-state index contributed by atoms with van der Waals surface area (Å²) in [7, 11) is 1.91. The van der Waals surface area contributed by atoms with Crippen molar-refractivity contribution in [3.8, 4) is 0 Å². The molecule has 17 heavy (non-hydrogen) atoms. The molecule has 0 atom stereocenters. The Kier molecular flexibility index (Phi) is 5.42. The van der Waals surface area contributed by atoms with Crippen molar-refractivity contribution in [2.45, 2.75) is 19.3 Å². The van der Waals surface area contributed by atoms with Crippen molar-refractivity contribution in [1.82, 2.24) is 0 Å². The quantitative estimate of drug-likeness (QED) is 0.449. The van der Waals surface area contributed by atoms with Crippen molar-refractivity contribution in [2.24, 2.45) is 0 Å². The van der Waals surface area contributed by atoms with Crippen molar-refractivity contribution >= 4 is 11.4 Å². The van der Waals surface area contributed by atoms with Crippen molar-refractivity contribution in [1.29, 1.82) is 0 Å². The summed E-state index contributed by atoms with van der Waals surface area (Å²) in [6.07, 6.45) is 2.75. The number of nitro groups is 1. The van der Waals surface area contributed by atoms with E-state index in [0.717, 1.165) is 31.5 Å². The molecule has 0 heterocycles. The lowest BCUT2D eigenvalue weighted by Gasteiger charge is -2.18. The van der Waals surface area contributed by atoms with E-state index in [0.29, 0.717) is 0 Å². The van der Waals surface area contributed by atoms with Gasteiger partial charge in [-0.3, -0.25) is 10.1 Å². The summed E-state index contributed by atoms with van der Waals surface area (Å²) in [4.78, 5) is 12.2. The maximum atomic E-state index is 10.6. The van der Waals surface area contributed by atoms with E-state index in [1.54, 1.807) is 12.1 Å². The largest absolute Gasteiger partial charge is 0.396 e. The number of unbranched alkanes of at least 4 members (excludes halogenated alkanes) is 2. The lowest BCUT2D eigenvalue weighted by atomic mass is 10.2. The number of non-ortho nitro benzene ring substituents is 1. The molecule has 1 aromatic rings. The molecule has 5 heteroatoms. The molecule has 0 aliphatic carbocycles. The minimum absolute atomic E-state index is 0.115. The molecule has 0 saturated carbocycles. The van der Waals surface area contributed by atoms with Crippen molar-refractivity contribution in [3.05, 3.63) is 34.4 Å². The van der Waals surface area contributed by atoms with E-state index in [-0.39, 0.29) is 17.2 Å². The number of aliphatic hydroxyl groups excluding tert-OH is 1. The first kappa shape index (κ1) is 13.4. The highest BCUT2D eigenvalue weighted by Gasteiger charge is 2.08. The van der Waals surface area contributed by atoms with Crippen LogP contribution in [0.3, 0.4) is 0 Å². The zero-order valence-corrected chi connectivity index (χ0v) is 10.0. The van der Waals surface area contributed by atoms with Crippen LogP contribution in [0.4, 0.5) is 11.4 Å². The third-order valence-electron chi connectivity index (χ3n) is 2.63. The van der Waals surface area contributed by atoms with E-state index in [9.17, 15) is 10.1 Å². The Morgan fingerprint density at radius 2 is 2.12 bits per heavy atom. The average Bonchev–Trinajstić information content (AvgIpc) is 2.34. The van der Waals surface area contributed by atoms with Gasteiger partial charge in [0, 0.05) is 38.0 Å². The molecule has 0 radical (unpaired) electrons. The molecule has 0 bridgehead atoms. The van der Waals surface area contributed by atoms with Crippen LogP contribution in [-0.2, 0) is 0 Å². The number of hydrogen-bond donors (Lipinski definition) is 1. The van der Waals surface area contributed by atoms with Crippen LogP contribution in [0.25, 0.3) is 0 Å². The van der Waals surface area contributed by atoms with Gasteiger partial charge in [-0.15, -0.1) is 0 Å². The maximum Gasteiger partial charge on any atom is 0.271 e. The van der Waals surface area contributed by atoms with Gasteiger partial charge in [-0.1, -0.05) is 6.07 Å². The number of hydrogen-bond acceptors (Lipinski definition) is 4. The fraction of sp³-hybridized carbons (Fsp3) is 0.500. The molecule has 0 amide bonds. The van der Waals surface area contributed by atoms with E-state index in [1.165, 1.54) is 6.07 Å². The lowest BCUT2D eigenvalue weighted by molar-refractivity contribution is -0.384. The normalized spacial score (nSPS) is 10.2. The third kappa shape index (κ3) is 4.40. The van der Waals surface area contributed by atoms with Crippen LogP contribution in [0.5, 0.6) is 0 Å². The van der Waals surface area contributed by atoms with Crippen molar-refractivity contribution < 1.29 is 10.0 Å².